The lowest BCUT2D eigenvalue weighted by molar-refractivity contribution is 0.418. The van der Waals surface area contributed by atoms with Crippen molar-refractivity contribution in [3.8, 4) is 17.2 Å². The maximum Gasteiger partial charge on any atom is 0.135 e. The molecular formula is C17H14O2. The van der Waals surface area contributed by atoms with Gasteiger partial charge in [-0.05, 0) is 24.3 Å². The second-order valence-corrected chi connectivity index (χ2v) is 4.23. The van der Waals surface area contributed by atoms with E-state index in [1.807, 2.05) is 66.7 Å². The molecule has 0 saturated carbocycles. The number of methoxy groups -OCH3 is 1. The molecule has 2 heteroatoms. The van der Waals surface area contributed by atoms with Crippen LogP contribution >= 0.6 is 0 Å². The second-order valence-electron chi connectivity index (χ2n) is 4.23. The van der Waals surface area contributed by atoms with E-state index < -0.39 is 0 Å². The number of rotatable bonds is 3. The Hall–Kier alpha value is -2.48. The fourth-order valence-electron chi connectivity index (χ4n) is 2.13. The van der Waals surface area contributed by atoms with Crippen molar-refractivity contribution in [3.63, 3.8) is 0 Å². The maximum absolute atomic E-state index is 5.94. The van der Waals surface area contributed by atoms with E-state index in [1.165, 1.54) is 0 Å². The Kier molecular flexibility index (Phi) is 3.07. The van der Waals surface area contributed by atoms with E-state index in [1.54, 1.807) is 7.11 Å². The summed E-state index contributed by atoms with van der Waals surface area (Å²) in [6.07, 6.45) is 0. The first-order chi connectivity index (χ1) is 9.38. The fraction of sp³-hybridized carbons (Fsp3) is 0.0588. The van der Waals surface area contributed by atoms with Gasteiger partial charge in [-0.1, -0.05) is 42.5 Å². The molecule has 3 aromatic rings. The number of hydrogen-bond donors (Lipinski definition) is 0. The zero-order chi connectivity index (χ0) is 13.1. The fourth-order valence-corrected chi connectivity index (χ4v) is 2.13. The van der Waals surface area contributed by atoms with Crippen LogP contribution in [0.15, 0.2) is 66.7 Å². The van der Waals surface area contributed by atoms with Crippen molar-refractivity contribution < 1.29 is 9.47 Å². The third kappa shape index (κ3) is 2.25. The van der Waals surface area contributed by atoms with Crippen LogP contribution in [0.5, 0.6) is 17.2 Å². The molecule has 0 aromatic heterocycles. The molecule has 2 nitrogen and oxygen atoms in total. The average molecular weight is 250 g/mol. The minimum atomic E-state index is 0.831. The van der Waals surface area contributed by atoms with Crippen LogP contribution in [-0.4, -0.2) is 7.11 Å². The molecule has 0 N–H and O–H groups in total. The van der Waals surface area contributed by atoms with Crippen molar-refractivity contribution in [2.75, 3.05) is 7.11 Å². The molecule has 0 aliphatic heterocycles. The first-order valence-electron chi connectivity index (χ1n) is 6.17. The summed E-state index contributed by atoms with van der Waals surface area (Å²) in [7, 11) is 1.68. The molecule has 0 unspecified atom stereocenters. The molecular weight excluding hydrogens is 236 g/mol. The lowest BCUT2D eigenvalue weighted by Crippen LogP contribution is -1.89. The van der Waals surface area contributed by atoms with Crippen molar-refractivity contribution in [2.45, 2.75) is 0 Å². The highest BCUT2D eigenvalue weighted by atomic mass is 16.5. The van der Waals surface area contributed by atoms with Crippen LogP contribution in [0.3, 0.4) is 0 Å². The first kappa shape index (κ1) is 11.6. The summed E-state index contributed by atoms with van der Waals surface area (Å²) in [6, 6.07) is 21.7. The summed E-state index contributed by atoms with van der Waals surface area (Å²) >= 11 is 0. The summed E-state index contributed by atoms with van der Waals surface area (Å²) in [5, 5.41) is 2.10. The minimum absolute atomic E-state index is 0.831. The monoisotopic (exact) mass is 250 g/mol. The van der Waals surface area contributed by atoms with Crippen LogP contribution in [0.2, 0.25) is 0 Å². The Labute approximate surface area is 112 Å². The standard InChI is InChI=1S/C17H14O2/c1-18-16-11-12-17(15-10-6-5-9-14(15)16)19-13-7-3-2-4-8-13/h2-12H,1H3. The molecule has 0 radical (unpaired) electrons. The van der Waals surface area contributed by atoms with Gasteiger partial charge in [0.1, 0.15) is 17.2 Å². The summed E-state index contributed by atoms with van der Waals surface area (Å²) in [4.78, 5) is 0. The van der Waals surface area contributed by atoms with Crippen molar-refractivity contribution in [3.05, 3.63) is 66.7 Å². The molecule has 3 aromatic carbocycles. The normalized spacial score (nSPS) is 10.4. The van der Waals surface area contributed by atoms with Gasteiger partial charge in [-0.3, -0.25) is 0 Å². The summed E-state index contributed by atoms with van der Waals surface area (Å²) in [5.74, 6) is 2.52. The van der Waals surface area contributed by atoms with Gasteiger partial charge in [0.25, 0.3) is 0 Å². The second kappa shape index (κ2) is 5.02. The maximum atomic E-state index is 5.94. The quantitative estimate of drug-likeness (QED) is 0.674. The van der Waals surface area contributed by atoms with Gasteiger partial charge in [0.2, 0.25) is 0 Å². The molecule has 0 bridgehead atoms. The summed E-state index contributed by atoms with van der Waals surface area (Å²) in [6.45, 7) is 0. The average Bonchev–Trinajstić information content (AvgIpc) is 2.49. The van der Waals surface area contributed by atoms with E-state index in [4.69, 9.17) is 9.47 Å². The molecule has 0 saturated heterocycles. The van der Waals surface area contributed by atoms with Crippen LogP contribution in [-0.2, 0) is 0 Å². The van der Waals surface area contributed by atoms with Crippen LogP contribution in [0, 0.1) is 0 Å². The Morgan fingerprint density at radius 1 is 0.632 bits per heavy atom. The van der Waals surface area contributed by atoms with Crippen molar-refractivity contribution in [1.29, 1.82) is 0 Å². The molecule has 0 fully saturated rings. The Bertz CT molecular complexity index is 690. The topological polar surface area (TPSA) is 18.5 Å². The Balaban J connectivity index is 2.10. The minimum Gasteiger partial charge on any atom is -0.496 e. The Morgan fingerprint density at radius 2 is 1.21 bits per heavy atom. The van der Waals surface area contributed by atoms with E-state index in [9.17, 15) is 0 Å². The SMILES string of the molecule is COc1ccc(Oc2ccccc2)c2ccccc12. The van der Waals surface area contributed by atoms with Crippen LogP contribution in [0.1, 0.15) is 0 Å². The molecule has 0 amide bonds. The number of para-hydroxylation sites is 1. The van der Waals surface area contributed by atoms with E-state index in [-0.39, 0.29) is 0 Å². The van der Waals surface area contributed by atoms with Crippen molar-refractivity contribution >= 4 is 10.8 Å². The van der Waals surface area contributed by atoms with Crippen molar-refractivity contribution in [2.24, 2.45) is 0 Å². The zero-order valence-corrected chi connectivity index (χ0v) is 10.7. The molecule has 94 valence electrons. The van der Waals surface area contributed by atoms with Crippen LogP contribution in [0.4, 0.5) is 0 Å². The summed E-state index contributed by atoms with van der Waals surface area (Å²) in [5.41, 5.74) is 0. The van der Waals surface area contributed by atoms with Gasteiger partial charge in [0, 0.05) is 10.8 Å². The first-order valence-corrected chi connectivity index (χ1v) is 6.17. The molecule has 0 atom stereocenters. The predicted molar refractivity (Wildman–Crippen MR) is 77.0 cm³/mol. The van der Waals surface area contributed by atoms with Crippen molar-refractivity contribution in [1.82, 2.24) is 0 Å². The van der Waals surface area contributed by atoms with Gasteiger partial charge in [-0.2, -0.15) is 0 Å². The number of benzene rings is 3. The lowest BCUT2D eigenvalue weighted by Gasteiger charge is -2.11. The molecule has 19 heavy (non-hydrogen) atoms. The smallest absolute Gasteiger partial charge is 0.135 e. The largest absolute Gasteiger partial charge is 0.496 e. The molecule has 0 heterocycles. The highest BCUT2D eigenvalue weighted by Gasteiger charge is 2.07. The van der Waals surface area contributed by atoms with Gasteiger partial charge in [0.15, 0.2) is 0 Å². The van der Waals surface area contributed by atoms with E-state index in [2.05, 4.69) is 0 Å². The van der Waals surface area contributed by atoms with Gasteiger partial charge in [0.05, 0.1) is 7.11 Å². The number of fused-ring (bicyclic) bond motifs is 1. The molecule has 0 aliphatic rings. The van der Waals surface area contributed by atoms with E-state index >= 15 is 0 Å². The molecule has 3 rings (SSSR count). The zero-order valence-electron chi connectivity index (χ0n) is 10.7. The highest BCUT2D eigenvalue weighted by molar-refractivity contribution is 5.93. The van der Waals surface area contributed by atoms with E-state index in [0.717, 1.165) is 28.0 Å². The number of ether oxygens (including phenoxy) is 2. The highest BCUT2D eigenvalue weighted by Crippen LogP contribution is 2.35. The van der Waals surface area contributed by atoms with Crippen LogP contribution < -0.4 is 9.47 Å². The van der Waals surface area contributed by atoms with E-state index in [0.29, 0.717) is 0 Å². The lowest BCUT2D eigenvalue weighted by atomic mass is 10.1. The Morgan fingerprint density at radius 3 is 1.89 bits per heavy atom. The van der Waals surface area contributed by atoms with Gasteiger partial charge in [-0.15, -0.1) is 0 Å². The predicted octanol–water partition coefficient (Wildman–Crippen LogP) is 4.64. The number of hydrogen-bond acceptors (Lipinski definition) is 2. The molecule has 0 spiro atoms. The van der Waals surface area contributed by atoms with Gasteiger partial charge >= 0.3 is 0 Å². The third-order valence-electron chi connectivity index (χ3n) is 3.03. The third-order valence-corrected chi connectivity index (χ3v) is 3.03. The van der Waals surface area contributed by atoms with Gasteiger partial charge < -0.3 is 9.47 Å². The van der Waals surface area contributed by atoms with Crippen LogP contribution in [0.25, 0.3) is 10.8 Å². The summed E-state index contributed by atoms with van der Waals surface area (Å²) < 4.78 is 11.3. The van der Waals surface area contributed by atoms with Gasteiger partial charge in [-0.25, -0.2) is 0 Å². The molecule has 0 aliphatic carbocycles.